The van der Waals surface area contributed by atoms with Crippen LogP contribution in [0, 0.1) is 17.8 Å². The van der Waals surface area contributed by atoms with Crippen LogP contribution in [0.1, 0.15) is 54.3 Å². The quantitative estimate of drug-likeness (QED) is 0.332. The van der Waals surface area contributed by atoms with E-state index in [2.05, 4.69) is 16.7 Å². The van der Waals surface area contributed by atoms with E-state index in [0.29, 0.717) is 28.1 Å². The van der Waals surface area contributed by atoms with Gasteiger partial charge in [-0.05, 0) is 67.0 Å². The normalized spacial score (nSPS) is 27.2. The lowest BCUT2D eigenvalue weighted by molar-refractivity contribution is -0.132. The first kappa shape index (κ1) is 33.1. The van der Waals surface area contributed by atoms with E-state index in [-0.39, 0.29) is 4.88 Å². The van der Waals surface area contributed by atoms with E-state index in [1.807, 2.05) is 4.90 Å². The number of ether oxygens (including phenoxy) is 1. The molecule has 4 atom stereocenters. The monoisotopic (exact) mass is 654 g/mol. The van der Waals surface area contributed by atoms with E-state index < -0.39 is 25.5 Å². The standard InChI is InChI=1S/C12H19NO.C10H8F2NO3PS.C8H14N2O2/c1-8-10-4-5-12(14)13-6-2-3-9(13)7-11(8)10;11-10(12,17(15)16)6-1-2-7-5(3-6)4-8(18-7)9(13)14;11-7-9-1-3-10(4-2-9)8-5-12-6-8/h8-11H,2-7H2,1H3;1-4,15-16H,(H2,13,14);7-8H,1-6H2. The van der Waals surface area contributed by atoms with Gasteiger partial charge < -0.3 is 30.1 Å². The zero-order chi connectivity index (χ0) is 31.6. The topological polar surface area (TPSA) is 137 Å². The number of carbonyl (C=O) groups is 3. The first-order valence-electron chi connectivity index (χ1n) is 15.2. The summed E-state index contributed by atoms with van der Waals surface area (Å²) in [5.41, 5.74) is 0.900. The van der Waals surface area contributed by atoms with Crippen molar-refractivity contribution in [1.82, 2.24) is 14.7 Å². The van der Waals surface area contributed by atoms with E-state index in [1.165, 1.54) is 31.4 Å². The average Bonchev–Trinajstić information content (AvgIpc) is 3.31. The minimum Gasteiger partial charge on any atom is -0.378 e. The van der Waals surface area contributed by atoms with E-state index >= 15 is 0 Å². The first-order chi connectivity index (χ1) is 21.0. The first-order valence-corrected chi connectivity index (χ1v) is 17.3. The van der Waals surface area contributed by atoms with E-state index in [4.69, 9.17) is 20.3 Å². The summed E-state index contributed by atoms with van der Waals surface area (Å²) in [6.45, 7) is 8.92. The van der Waals surface area contributed by atoms with E-state index in [1.54, 1.807) is 0 Å². The predicted molar refractivity (Wildman–Crippen MR) is 164 cm³/mol. The fourth-order valence-corrected chi connectivity index (χ4v) is 8.03. The van der Waals surface area contributed by atoms with Crippen LogP contribution in [0.4, 0.5) is 8.78 Å². The number of halogens is 2. The van der Waals surface area contributed by atoms with Crippen molar-refractivity contribution < 1.29 is 37.7 Å². The Balaban J connectivity index is 0.000000134. The summed E-state index contributed by atoms with van der Waals surface area (Å²) in [5, 5.41) is 0.419. The Morgan fingerprint density at radius 1 is 1.09 bits per heavy atom. The van der Waals surface area contributed by atoms with Crippen LogP contribution >= 0.6 is 19.7 Å². The molecule has 4 N–H and O–H groups in total. The number of piperazine rings is 1. The predicted octanol–water partition coefficient (Wildman–Crippen LogP) is 3.55. The molecule has 14 heteroatoms. The second-order valence-corrected chi connectivity index (χ2v) is 14.5. The molecular formula is C30H41F2N4O6PS. The van der Waals surface area contributed by atoms with Crippen molar-refractivity contribution in [2.75, 3.05) is 45.9 Å². The van der Waals surface area contributed by atoms with Gasteiger partial charge >= 0.3 is 5.66 Å². The largest absolute Gasteiger partial charge is 0.378 e. The molecule has 2 aromatic rings. The molecule has 1 aliphatic carbocycles. The Kier molecular flexibility index (Phi) is 10.5. The zero-order valence-electron chi connectivity index (χ0n) is 24.8. The van der Waals surface area contributed by atoms with Crippen LogP contribution in [-0.2, 0) is 20.0 Å². The van der Waals surface area contributed by atoms with Gasteiger partial charge in [-0.2, -0.15) is 8.78 Å². The Morgan fingerprint density at radius 2 is 1.82 bits per heavy atom. The molecule has 5 fully saturated rings. The van der Waals surface area contributed by atoms with Crippen molar-refractivity contribution in [2.24, 2.45) is 23.5 Å². The van der Waals surface area contributed by atoms with Gasteiger partial charge in [-0.3, -0.25) is 19.3 Å². The van der Waals surface area contributed by atoms with E-state index in [0.717, 1.165) is 106 Å². The highest BCUT2D eigenvalue weighted by Crippen LogP contribution is 2.54. The van der Waals surface area contributed by atoms with Crippen LogP contribution in [0.15, 0.2) is 24.3 Å². The molecule has 44 heavy (non-hydrogen) atoms. The molecule has 4 saturated heterocycles. The number of hydrogen-bond acceptors (Lipinski definition) is 8. The van der Waals surface area contributed by atoms with Crippen molar-refractivity contribution >= 4 is 48.0 Å². The number of alkyl halides is 2. The minimum atomic E-state index is -3.70. The third-order valence-corrected chi connectivity index (χ3v) is 11.6. The van der Waals surface area contributed by atoms with Gasteiger partial charge in [-0.1, -0.05) is 13.0 Å². The Labute approximate surface area is 261 Å². The van der Waals surface area contributed by atoms with Crippen LogP contribution < -0.4 is 5.73 Å². The van der Waals surface area contributed by atoms with Gasteiger partial charge in [0.05, 0.1) is 24.1 Å². The molecule has 1 aromatic heterocycles. The van der Waals surface area contributed by atoms with Crippen molar-refractivity contribution in [3.8, 4) is 0 Å². The molecule has 1 aromatic carbocycles. The summed E-state index contributed by atoms with van der Waals surface area (Å²) in [5.74, 6) is 2.56. The maximum Gasteiger partial charge on any atom is 0.339 e. The number of hydrogen-bond donors (Lipinski definition) is 3. The summed E-state index contributed by atoms with van der Waals surface area (Å²) in [6, 6.07) is 6.26. The molecule has 0 bridgehead atoms. The maximum atomic E-state index is 13.4. The molecule has 4 unspecified atom stereocenters. The molecule has 7 rings (SSSR count). The fourth-order valence-electron chi connectivity index (χ4n) is 6.77. The molecule has 10 nitrogen and oxygen atoms in total. The maximum absolute atomic E-state index is 13.4. The molecule has 1 saturated carbocycles. The second kappa shape index (κ2) is 14.0. The minimum absolute atomic E-state index is 0.265. The van der Waals surface area contributed by atoms with E-state index in [9.17, 15) is 23.2 Å². The molecule has 0 spiro atoms. The fraction of sp³-hybridized carbons (Fsp3) is 0.633. The smallest absolute Gasteiger partial charge is 0.339 e. The lowest BCUT2D eigenvalue weighted by atomic mass is 10.0. The number of nitrogens with zero attached hydrogens (tertiary/aromatic N) is 3. The van der Waals surface area contributed by atoms with Gasteiger partial charge in [0.1, 0.15) is 0 Å². The molecule has 0 radical (unpaired) electrons. The SMILES string of the molecule is CC1C2CCC(=O)N3CCCC3CC12.NC(=O)c1cc2cc(C(F)(F)P(O)O)ccc2s1.O=CN1CCN(C2COC2)CC1. The number of amides is 3. The summed E-state index contributed by atoms with van der Waals surface area (Å²) >= 11 is 1.09. The van der Waals surface area contributed by atoms with Crippen LogP contribution in [0.25, 0.3) is 10.1 Å². The summed E-state index contributed by atoms with van der Waals surface area (Å²) in [7, 11) is -3.40. The highest BCUT2D eigenvalue weighted by atomic mass is 32.1. The third-order valence-electron chi connectivity index (χ3n) is 9.69. The number of nitrogens with two attached hydrogens (primary N) is 1. The second-order valence-electron chi connectivity index (χ2n) is 12.3. The van der Waals surface area contributed by atoms with Gasteiger partial charge in [0, 0.05) is 55.4 Å². The van der Waals surface area contributed by atoms with Gasteiger partial charge in [0.2, 0.25) is 20.7 Å². The average molecular weight is 655 g/mol. The Bertz CT molecular complexity index is 1340. The van der Waals surface area contributed by atoms with Crippen molar-refractivity contribution in [2.45, 2.75) is 56.8 Å². The Hall–Kier alpha value is -2.28. The molecule has 5 aliphatic rings. The number of primary amides is 1. The molecule has 3 amide bonds. The van der Waals surface area contributed by atoms with Gasteiger partial charge in [0.15, 0.2) is 0 Å². The van der Waals surface area contributed by atoms with Crippen molar-refractivity contribution in [3.63, 3.8) is 0 Å². The molecule has 5 heterocycles. The number of thiophene rings is 1. The van der Waals surface area contributed by atoms with Crippen LogP contribution in [-0.4, -0.2) is 101 Å². The highest BCUT2D eigenvalue weighted by Gasteiger charge is 2.50. The van der Waals surface area contributed by atoms with Gasteiger partial charge in [-0.25, -0.2) is 0 Å². The number of fused-ring (bicyclic) bond motifs is 3. The molecular weight excluding hydrogens is 613 g/mol. The Morgan fingerprint density at radius 3 is 2.43 bits per heavy atom. The number of carbonyl (C=O) groups excluding carboxylic acids is 3. The lowest BCUT2D eigenvalue weighted by Gasteiger charge is -2.41. The summed E-state index contributed by atoms with van der Waals surface area (Å²) < 4.78 is 32.6. The summed E-state index contributed by atoms with van der Waals surface area (Å²) in [4.78, 5) is 57.3. The number of benzene rings is 1. The number of rotatable bonds is 5. The zero-order valence-corrected chi connectivity index (χ0v) is 26.5. The van der Waals surface area contributed by atoms with Crippen molar-refractivity contribution in [3.05, 3.63) is 34.7 Å². The van der Waals surface area contributed by atoms with Crippen LogP contribution in [0.5, 0.6) is 0 Å². The lowest BCUT2D eigenvalue weighted by Crippen LogP contribution is -2.56. The van der Waals surface area contributed by atoms with Crippen LogP contribution in [0.2, 0.25) is 0 Å². The molecule has 242 valence electrons. The van der Waals surface area contributed by atoms with Gasteiger partial charge in [0.25, 0.3) is 5.91 Å². The van der Waals surface area contributed by atoms with Crippen LogP contribution in [0.3, 0.4) is 0 Å². The third kappa shape index (κ3) is 7.40. The van der Waals surface area contributed by atoms with Gasteiger partial charge in [-0.15, -0.1) is 11.3 Å². The molecule has 4 aliphatic heterocycles. The summed E-state index contributed by atoms with van der Waals surface area (Å²) in [6.07, 6.45) is 6.73. The van der Waals surface area contributed by atoms with Crippen molar-refractivity contribution in [1.29, 1.82) is 0 Å². The highest BCUT2D eigenvalue weighted by molar-refractivity contribution is 7.46.